The van der Waals surface area contributed by atoms with Gasteiger partial charge < -0.3 is 10.3 Å². The highest BCUT2D eigenvalue weighted by atomic mass is 35.5. The molecular weight excluding hydrogens is 320 g/mol. The van der Waals surface area contributed by atoms with Gasteiger partial charge in [-0.25, -0.2) is 8.78 Å². The number of nitrogens with one attached hydrogen (secondary N) is 1. The number of carbonyl (C=O) groups excluding carboxylic acids is 1. The van der Waals surface area contributed by atoms with Crippen LogP contribution in [0.25, 0.3) is 0 Å². The maximum absolute atomic E-state index is 13.6. The minimum Gasteiger partial charge on any atom is -0.337 e. The minimum absolute atomic E-state index is 0.0887. The van der Waals surface area contributed by atoms with Crippen LogP contribution in [-0.2, 0) is 6.54 Å². The van der Waals surface area contributed by atoms with E-state index in [4.69, 9.17) is 17.4 Å². The molecule has 8 heteroatoms. The Balaban J connectivity index is 2.19. The molecular formula is C13H12ClF2N3OS. The highest BCUT2D eigenvalue weighted by molar-refractivity contribution is 7.16. The van der Waals surface area contributed by atoms with Crippen molar-refractivity contribution in [3.05, 3.63) is 50.7 Å². The molecule has 0 radical (unpaired) electrons. The Labute approximate surface area is 129 Å². The summed E-state index contributed by atoms with van der Waals surface area (Å²) < 4.78 is 27.8. The Bertz CT molecular complexity index is 654. The highest BCUT2D eigenvalue weighted by Gasteiger charge is 2.18. The average Bonchev–Trinajstić information content (AvgIpc) is 2.82. The summed E-state index contributed by atoms with van der Waals surface area (Å²) >= 11 is 7.15. The summed E-state index contributed by atoms with van der Waals surface area (Å²) in [4.78, 5) is 14.4. The van der Waals surface area contributed by atoms with E-state index in [9.17, 15) is 13.6 Å². The first-order valence-electron chi connectivity index (χ1n) is 5.87. The van der Waals surface area contributed by atoms with Gasteiger partial charge in [0.1, 0.15) is 5.69 Å². The summed E-state index contributed by atoms with van der Waals surface area (Å²) in [6, 6.07) is 5.40. The van der Waals surface area contributed by atoms with Gasteiger partial charge in [-0.05, 0) is 24.3 Å². The molecule has 0 aliphatic carbocycles. The van der Waals surface area contributed by atoms with E-state index in [1.54, 1.807) is 19.2 Å². The third-order valence-corrected chi connectivity index (χ3v) is 4.02. The Morgan fingerprint density at radius 1 is 1.38 bits per heavy atom. The lowest BCUT2D eigenvalue weighted by atomic mass is 10.1. The summed E-state index contributed by atoms with van der Waals surface area (Å²) in [5.74, 6) is 2.66. The van der Waals surface area contributed by atoms with Crippen molar-refractivity contribution in [2.75, 3.05) is 12.5 Å². The number of hydrogen-bond acceptors (Lipinski definition) is 4. The number of halogens is 3. The van der Waals surface area contributed by atoms with Crippen LogP contribution in [-0.4, -0.2) is 17.9 Å². The Hall–Kier alpha value is -1.70. The van der Waals surface area contributed by atoms with Crippen molar-refractivity contribution in [2.24, 2.45) is 5.84 Å². The van der Waals surface area contributed by atoms with E-state index < -0.39 is 23.2 Å². The number of amides is 1. The molecule has 21 heavy (non-hydrogen) atoms. The second-order valence-corrected chi connectivity index (χ2v) is 6.13. The average molecular weight is 332 g/mol. The molecule has 112 valence electrons. The Morgan fingerprint density at radius 2 is 2.00 bits per heavy atom. The quantitative estimate of drug-likeness (QED) is 0.668. The molecule has 0 aliphatic heterocycles. The fourth-order valence-electron chi connectivity index (χ4n) is 1.80. The molecule has 4 nitrogen and oxygen atoms in total. The van der Waals surface area contributed by atoms with Gasteiger partial charge in [0.15, 0.2) is 11.6 Å². The van der Waals surface area contributed by atoms with Gasteiger partial charge in [0, 0.05) is 17.5 Å². The van der Waals surface area contributed by atoms with Gasteiger partial charge in [-0.1, -0.05) is 11.6 Å². The van der Waals surface area contributed by atoms with Crippen molar-refractivity contribution in [2.45, 2.75) is 6.54 Å². The van der Waals surface area contributed by atoms with E-state index >= 15 is 0 Å². The molecule has 0 spiro atoms. The van der Waals surface area contributed by atoms with Crippen LogP contribution in [0.5, 0.6) is 0 Å². The van der Waals surface area contributed by atoms with E-state index in [-0.39, 0.29) is 5.56 Å². The van der Waals surface area contributed by atoms with Crippen molar-refractivity contribution in [1.82, 2.24) is 4.90 Å². The Morgan fingerprint density at radius 3 is 2.48 bits per heavy atom. The van der Waals surface area contributed by atoms with Gasteiger partial charge in [0.05, 0.1) is 10.9 Å². The monoisotopic (exact) mass is 331 g/mol. The molecule has 1 amide bonds. The summed E-state index contributed by atoms with van der Waals surface area (Å²) in [5, 5.41) is 0. The normalized spacial score (nSPS) is 10.5. The van der Waals surface area contributed by atoms with Gasteiger partial charge in [0.25, 0.3) is 5.91 Å². The van der Waals surface area contributed by atoms with E-state index in [1.165, 1.54) is 16.2 Å². The largest absolute Gasteiger partial charge is 0.337 e. The lowest BCUT2D eigenvalue weighted by molar-refractivity contribution is 0.0785. The number of hydrogen-bond donors (Lipinski definition) is 2. The Kier molecular flexibility index (Phi) is 4.76. The number of nitrogen functional groups attached to an aromatic ring is 1. The van der Waals surface area contributed by atoms with Crippen molar-refractivity contribution in [1.29, 1.82) is 0 Å². The number of nitrogens with two attached hydrogens (primary N) is 1. The van der Waals surface area contributed by atoms with Crippen LogP contribution in [0, 0.1) is 11.6 Å². The van der Waals surface area contributed by atoms with Crippen molar-refractivity contribution in [3.63, 3.8) is 0 Å². The molecule has 0 unspecified atom stereocenters. The van der Waals surface area contributed by atoms with Crippen molar-refractivity contribution in [3.8, 4) is 0 Å². The van der Waals surface area contributed by atoms with Crippen LogP contribution in [0.1, 0.15) is 15.2 Å². The second kappa shape index (κ2) is 6.38. The molecule has 0 aliphatic rings. The van der Waals surface area contributed by atoms with Gasteiger partial charge in [-0.3, -0.25) is 10.6 Å². The van der Waals surface area contributed by atoms with E-state index in [0.717, 1.165) is 17.0 Å². The zero-order valence-electron chi connectivity index (χ0n) is 11.0. The lowest BCUT2D eigenvalue weighted by Crippen LogP contribution is -2.26. The number of nitrogens with zero attached hydrogens (tertiary/aromatic N) is 1. The molecule has 1 aromatic carbocycles. The first-order chi connectivity index (χ1) is 9.92. The maximum Gasteiger partial charge on any atom is 0.254 e. The van der Waals surface area contributed by atoms with Crippen LogP contribution >= 0.6 is 22.9 Å². The number of thiophene rings is 1. The van der Waals surface area contributed by atoms with Crippen LogP contribution in [0.4, 0.5) is 14.5 Å². The topological polar surface area (TPSA) is 58.4 Å². The number of anilines is 1. The summed E-state index contributed by atoms with van der Waals surface area (Å²) in [6.07, 6.45) is 0. The fraction of sp³-hybridized carbons (Fsp3) is 0.154. The zero-order valence-corrected chi connectivity index (χ0v) is 12.6. The summed E-state index contributed by atoms with van der Waals surface area (Å²) in [7, 11) is 1.54. The standard InChI is InChI=1S/C13H12ClF2N3OS/c1-19(6-8-2-3-11(14)21-8)13(20)7-4-9(15)12(18-17)10(16)5-7/h2-5,18H,6,17H2,1H3. The third kappa shape index (κ3) is 3.49. The third-order valence-electron chi connectivity index (χ3n) is 2.80. The smallest absolute Gasteiger partial charge is 0.254 e. The summed E-state index contributed by atoms with van der Waals surface area (Å²) in [6.45, 7) is 0.302. The lowest BCUT2D eigenvalue weighted by Gasteiger charge is -2.17. The van der Waals surface area contributed by atoms with Crippen molar-refractivity contribution < 1.29 is 13.6 Å². The molecule has 0 bridgehead atoms. The SMILES string of the molecule is CN(Cc1ccc(Cl)s1)C(=O)c1cc(F)c(NN)c(F)c1. The first kappa shape index (κ1) is 15.7. The number of hydrazine groups is 1. The predicted octanol–water partition coefficient (Wildman–Crippen LogP) is 3.24. The maximum atomic E-state index is 13.6. The molecule has 3 N–H and O–H groups in total. The van der Waals surface area contributed by atoms with E-state index in [0.29, 0.717) is 10.9 Å². The number of benzene rings is 1. The summed E-state index contributed by atoms with van der Waals surface area (Å²) in [5.41, 5.74) is 1.35. The van der Waals surface area contributed by atoms with Gasteiger partial charge in [0.2, 0.25) is 0 Å². The zero-order chi connectivity index (χ0) is 15.6. The van der Waals surface area contributed by atoms with Gasteiger partial charge in [-0.2, -0.15) is 0 Å². The number of rotatable bonds is 4. The highest BCUT2D eigenvalue weighted by Crippen LogP contribution is 2.24. The fourth-order valence-corrected chi connectivity index (χ4v) is 2.94. The van der Waals surface area contributed by atoms with Crippen LogP contribution in [0.15, 0.2) is 24.3 Å². The molecule has 0 atom stereocenters. The molecule has 1 aromatic heterocycles. The number of carbonyl (C=O) groups is 1. The second-order valence-electron chi connectivity index (χ2n) is 4.33. The minimum atomic E-state index is -0.923. The van der Waals surface area contributed by atoms with Crippen LogP contribution in [0.2, 0.25) is 4.34 Å². The molecule has 1 heterocycles. The van der Waals surface area contributed by atoms with Gasteiger partial charge in [-0.15, -0.1) is 11.3 Å². The molecule has 2 aromatic rings. The van der Waals surface area contributed by atoms with Gasteiger partial charge >= 0.3 is 0 Å². The molecule has 0 fully saturated rings. The van der Waals surface area contributed by atoms with Crippen LogP contribution < -0.4 is 11.3 Å². The van der Waals surface area contributed by atoms with E-state index in [2.05, 4.69) is 0 Å². The van der Waals surface area contributed by atoms with E-state index in [1.807, 2.05) is 5.43 Å². The van der Waals surface area contributed by atoms with Crippen molar-refractivity contribution >= 4 is 34.5 Å². The molecule has 2 rings (SSSR count). The van der Waals surface area contributed by atoms with Crippen LogP contribution in [0.3, 0.4) is 0 Å². The predicted molar refractivity (Wildman–Crippen MR) is 79.3 cm³/mol. The molecule has 0 saturated carbocycles. The molecule has 0 saturated heterocycles. The first-order valence-corrected chi connectivity index (χ1v) is 7.07.